The molecule has 0 N–H and O–H groups in total. The maximum Gasteiger partial charge on any atom is 0.314 e. The Morgan fingerprint density at radius 2 is 2.19 bits per heavy atom. The van der Waals surface area contributed by atoms with E-state index in [0.717, 1.165) is 12.1 Å². The lowest BCUT2D eigenvalue weighted by Gasteiger charge is -2.08. The maximum absolute atomic E-state index is 13.1. The van der Waals surface area contributed by atoms with Gasteiger partial charge in [-0.2, -0.15) is 0 Å². The Morgan fingerprint density at radius 3 is 2.62 bits per heavy atom. The number of Topliss-reactive ketones (excluding diaryl/α,β-unsaturated/α-hetero) is 1. The van der Waals surface area contributed by atoms with Gasteiger partial charge in [0.15, 0.2) is 5.78 Å². The average molecular weight is 227 g/mol. The van der Waals surface area contributed by atoms with Gasteiger partial charge >= 0.3 is 5.69 Å². The number of rotatable bonds is 4. The molecule has 0 saturated carbocycles. The molecule has 86 valence electrons. The van der Waals surface area contributed by atoms with Gasteiger partial charge in [0.2, 0.25) is 5.75 Å². The second-order valence-electron chi connectivity index (χ2n) is 3.05. The monoisotopic (exact) mass is 227 g/mol. The van der Waals surface area contributed by atoms with Crippen molar-refractivity contribution in [2.75, 3.05) is 6.61 Å². The number of hydrogen-bond acceptors (Lipinski definition) is 4. The number of nitrogens with zero attached hydrogens (tertiary/aromatic N) is 1. The zero-order valence-corrected chi connectivity index (χ0v) is 8.82. The van der Waals surface area contributed by atoms with Crippen molar-refractivity contribution in [3.8, 4) is 5.75 Å². The zero-order chi connectivity index (χ0) is 12.3. The first-order valence-electron chi connectivity index (χ1n) is 4.59. The summed E-state index contributed by atoms with van der Waals surface area (Å²) in [5, 5.41) is 10.7. The second-order valence-corrected chi connectivity index (χ2v) is 3.05. The fourth-order valence-corrected chi connectivity index (χ4v) is 1.27. The minimum absolute atomic E-state index is 0.117. The van der Waals surface area contributed by atoms with Crippen LogP contribution in [-0.2, 0) is 0 Å². The molecule has 0 heterocycles. The average Bonchev–Trinajstić information content (AvgIpc) is 2.19. The molecule has 0 saturated heterocycles. The first kappa shape index (κ1) is 12.1. The third kappa shape index (κ3) is 2.33. The van der Waals surface area contributed by atoms with Crippen molar-refractivity contribution in [2.45, 2.75) is 13.8 Å². The van der Waals surface area contributed by atoms with Crippen molar-refractivity contribution in [3.05, 3.63) is 33.6 Å². The zero-order valence-electron chi connectivity index (χ0n) is 8.82. The number of carbonyl (C=O) groups excluding carboxylic acids is 1. The highest BCUT2D eigenvalue weighted by Crippen LogP contribution is 2.32. The van der Waals surface area contributed by atoms with Crippen LogP contribution in [-0.4, -0.2) is 17.3 Å². The van der Waals surface area contributed by atoms with Crippen molar-refractivity contribution in [1.29, 1.82) is 0 Å². The Morgan fingerprint density at radius 1 is 1.56 bits per heavy atom. The predicted octanol–water partition coefficient (Wildman–Crippen LogP) is 2.34. The van der Waals surface area contributed by atoms with E-state index in [-0.39, 0.29) is 17.9 Å². The van der Waals surface area contributed by atoms with E-state index >= 15 is 0 Å². The molecule has 0 fully saturated rings. The molecule has 0 amide bonds. The molecule has 1 aromatic carbocycles. The Kier molecular flexibility index (Phi) is 3.55. The van der Waals surface area contributed by atoms with E-state index in [1.807, 2.05) is 0 Å². The van der Waals surface area contributed by atoms with Crippen molar-refractivity contribution in [1.82, 2.24) is 0 Å². The lowest BCUT2D eigenvalue weighted by Crippen LogP contribution is -2.05. The summed E-state index contributed by atoms with van der Waals surface area (Å²) < 4.78 is 18.1. The molecular weight excluding hydrogens is 217 g/mol. The predicted molar refractivity (Wildman–Crippen MR) is 54.2 cm³/mol. The molecule has 0 aliphatic heterocycles. The molecule has 0 unspecified atom stereocenters. The molecule has 6 heteroatoms. The summed E-state index contributed by atoms with van der Waals surface area (Å²) in [5.74, 6) is -1.49. The van der Waals surface area contributed by atoms with Gasteiger partial charge in [0.25, 0.3) is 0 Å². The lowest BCUT2D eigenvalue weighted by atomic mass is 10.1. The van der Waals surface area contributed by atoms with Gasteiger partial charge in [-0.3, -0.25) is 14.9 Å². The highest BCUT2D eigenvalue weighted by molar-refractivity contribution is 5.98. The molecule has 0 radical (unpaired) electrons. The third-order valence-corrected chi connectivity index (χ3v) is 1.90. The normalized spacial score (nSPS) is 9.94. The Balaban J connectivity index is 3.47. The van der Waals surface area contributed by atoms with Gasteiger partial charge in [-0.1, -0.05) is 0 Å². The fourth-order valence-electron chi connectivity index (χ4n) is 1.27. The Bertz CT molecular complexity index is 409. The molecular formula is C10H10FNO4. The molecule has 0 aliphatic rings. The van der Waals surface area contributed by atoms with Crippen molar-refractivity contribution >= 4 is 11.5 Å². The number of benzene rings is 1. The van der Waals surface area contributed by atoms with Gasteiger partial charge in [0.1, 0.15) is 5.82 Å². The van der Waals surface area contributed by atoms with Crippen molar-refractivity contribution < 1.29 is 18.8 Å². The second kappa shape index (κ2) is 4.69. The van der Waals surface area contributed by atoms with Crippen LogP contribution in [0, 0.1) is 15.9 Å². The summed E-state index contributed by atoms with van der Waals surface area (Å²) in [6, 6.07) is 1.66. The number of nitro benzene ring substituents is 1. The third-order valence-electron chi connectivity index (χ3n) is 1.90. The van der Waals surface area contributed by atoms with Gasteiger partial charge < -0.3 is 4.74 Å². The van der Waals surface area contributed by atoms with E-state index < -0.39 is 22.2 Å². The molecule has 5 nitrogen and oxygen atoms in total. The molecule has 1 rings (SSSR count). The van der Waals surface area contributed by atoms with Crippen LogP contribution >= 0.6 is 0 Å². The SMILES string of the molecule is CCOc1c(C(C)=O)cc(F)cc1[N+](=O)[O-]. The van der Waals surface area contributed by atoms with Gasteiger partial charge in [-0.15, -0.1) is 0 Å². The molecule has 0 bridgehead atoms. The lowest BCUT2D eigenvalue weighted by molar-refractivity contribution is -0.386. The van der Waals surface area contributed by atoms with Crippen molar-refractivity contribution in [2.24, 2.45) is 0 Å². The van der Waals surface area contributed by atoms with Gasteiger partial charge in [0, 0.05) is 0 Å². The highest BCUT2D eigenvalue weighted by atomic mass is 19.1. The number of ketones is 1. The highest BCUT2D eigenvalue weighted by Gasteiger charge is 2.23. The first-order valence-corrected chi connectivity index (χ1v) is 4.59. The molecule has 0 spiro atoms. The molecule has 0 aromatic heterocycles. The Labute approximate surface area is 91.0 Å². The number of ether oxygens (including phenoxy) is 1. The summed E-state index contributed by atoms with van der Waals surface area (Å²) in [6.45, 7) is 2.98. The van der Waals surface area contributed by atoms with Crippen LogP contribution in [0.25, 0.3) is 0 Å². The summed E-state index contributed by atoms with van der Waals surface area (Å²) in [6.07, 6.45) is 0. The number of carbonyl (C=O) groups is 1. The molecule has 0 aliphatic carbocycles. The van der Waals surface area contributed by atoms with E-state index in [4.69, 9.17) is 4.74 Å². The van der Waals surface area contributed by atoms with Crippen LogP contribution in [0.15, 0.2) is 12.1 Å². The fraction of sp³-hybridized carbons (Fsp3) is 0.300. The van der Waals surface area contributed by atoms with Crippen molar-refractivity contribution in [3.63, 3.8) is 0 Å². The minimum Gasteiger partial charge on any atom is -0.487 e. The summed E-state index contributed by atoms with van der Waals surface area (Å²) in [4.78, 5) is 21.1. The van der Waals surface area contributed by atoms with Crippen LogP contribution in [0.4, 0.5) is 10.1 Å². The summed E-state index contributed by atoms with van der Waals surface area (Å²) in [7, 11) is 0. The van der Waals surface area contributed by atoms with Gasteiger partial charge in [-0.05, 0) is 19.9 Å². The number of halogens is 1. The quantitative estimate of drug-likeness (QED) is 0.449. The van der Waals surface area contributed by atoms with E-state index in [9.17, 15) is 19.3 Å². The van der Waals surface area contributed by atoms with Crippen LogP contribution in [0.2, 0.25) is 0 Å². The summed E-state index contributed by atoms with van der Waals surface area (Å²) >= 11 is 0. The standard InChI is InChI=1S/C10H10FNO4/c1-3-16-10-8(6(2)13)4-7(11)5-9(10)12(14)15/h4-5H,3H2,1-2H3. The molecule has 1 aromatic rings. The van der Waals surface area contributed by atoms with Crippen LogP contribution in [0.5, 0.6) is 5.75 Å². The van der Waals surface area contributed by atoms with Crippen LogP contribution in [0.3, 0.4) is 0 Å². The van der Waals surface area contributed by atoms with Crippen LogP contribution in [0.1, 0.15) is 24.2 Å². The first-order chi connectivity index (χ1) is 7.47. The minimum atomic E-state index is -0.833. The van der Waals surface area contributed by atoms with Gasteiger partial charge in [-0.25, -0.2) is 4.39 Å². The van der Waals surface area contributed by atoms with E-state index in [0.29, 0.717) is 0 Å². The summed E-state index contributed by atoms with van der Waals surface area (Å²) in [5.41, 5.74) is -0.652. The smallest absolute Gasteiger partial charge is 0.314 e. The van der Waals surface area contributed by atoms with Crippen LogP contribution < -0.4 is 4.74 Å². The molecule has 0 atom stereocenters. The van der Waals surface area contributed by atoms with E-state index in [2.05, 4.69) is 0 Å². The van der Waals surface area contributed by atoms with Gasteiger partial charge in [0.05, 0.1) is 23.2 Å². The maximum atomic E-state index is 13.1. The number of nitro groups is 1. The number of hydrogen-bond donors (Lipinski definition) is 0. The largest absolute Gasteiger partial charge is 0.487 e. The van der Waals surface area contributed by atoms with E-state index in [1.54, 1.807) is 6.92 Å². The van der Waals surface area contributed by atoms with E-state index in [1.165, 1.54) is 6.92 Å². The Hall–Kier alpha value is -1.98. The topological polar surface area (TPSA) is 69.4 Å². The molecule has 16 heavy (non-hydrogen) atoms.